The van der Waals surface area contributed by atoms with Gasteiger partial charge in [-0.05, 0) is 54.7 Å². The van der Waals surface area contributed by atoms with Crippen molar-refractivity contribution in [3.8, 4) is 5.75 Å². The van der Waals surface area contributed by atoms with Crippen LogP contribution in [0.2, 0.25) is 10.0 Å². The van der Waals surface area contributed by atoms with E-state index in [1.54, 1.807) is 36.4 Å². The van der Waals surface area contributed by atoms with Crippen LogP contribution in [0.15, 0.2) is 36.4 Å². The number of ether oxygens (including phenoxy) is 2. The van der Waals surface area contributed by atoms with Crippen LogP contribution in [-0.2, 0) is 14.9 Å². The summed E-state index contributed by atoms with van der Waals surface area (Å²) in [5, 5.41) is 0.804. The van der Waals surface area contributed by atoms with Crippen LogP contribution in [0.25, 0.3) is 11.0 Å². The summed E-state index contributed by atoms with van der Waals surface area (Å²) in [4.78, 5) is 35.0. The lowest BCUT2D eigenvalue weighted by atomic mass is 9.68. The molecule has 5 rings (SSSR count). The van der Waals surface area contributed by atoms with Crippen molar-refractivity contribution in [3.63, 3.8) is 0 Å². The molecule has 0 spiro atoms. The zero-order valence-corrected chi connectivity index (χ0v) is 19.3. The van der Waals surface area contributed by atoms with Crippen LogP contribution < -0.4 is 4.74 Å². The Morgan fingerprint density at radius 1 is 1.03 bits per heavy atom. The molecular weight excluding hydrogens is 451 g/mol. The van der Waals surface area contributed by atoms with Gasteiger partial charge in [-0.1, -0.05) is 37.0 Å². The highest BCUT2D eigenvalue weighted by Gasteiger charge is 2.69. The highest BCUT2D eigenvalue weighted by molar-refractivity contribution is 6.42. The van der Waals surface area contributed by atoms with Crippen LogP contribution in [0.4, 0.5) is 0 Å². The summed E-state index contributed by atoms with van der Waals surface area (Å²) in [5.74, 6) is -0.387. The van der Waals surface area contributed by atoms with Crippen molar-refractivity contribution < 1.29 is 19.1 Å². The Hall–Kier alpha value is -2.70. The normalized spacial score (nSPS) is 22.6. The van der Waals surface area contributed by atoms with Crippen molar-refractivity contribution in [1.82, 2.24) is 9.97 Å². The number of halogens is 2. The van der Waals surface area contributed by atoms with Gasteiger partial charge in [0.15, 0.2) is 0 Å². The molecule has 0 aliphatic heterocycles. The number of rotatable bonds is 3. The first kappa shape index (κ1) is 21.2. The van der Waals surface area contributed by atoms with Gasteiger partial charge in [0.1, 0.15) is 11.2 Å². The minimum Gasteiger partial charge on any atom is -0.465 e. The summed E-state index contributed by atoms with van der Waals surface area (Å²) in [7, 11) is 1.32. The van der Waals surface area contributed by atoms with E-state index >= 15 is 0 Å². The van der Waals surface area contributed by atoms with E-state index in [1.807, 2.05) is 0 Å². The van der Waals surface area contributed by atoms with Crippen molar-refractivity contribution in [2.45, 2.75) is 38.0 Å². The van der Waals surface area contributed by atoms with Gasteiger partial charge in [0.25, 0.3) is 0 Å². The first-order chi connectivity index (χ1) is 15.2. The molecule has 2 aromatic carbocycles. The third-order valence-corrected chi connectivity index (χ3v) is 7.80. The molecular formula is C24H20Cl2N2O4. The maximum atomic E-state index is 13.7. The second-order valence-electron chi connectivity index (χ2n) is 8.84. The molecule has 1 fully saturated rings. The second kappa shape index (κ2) is 7.15. The minimum absolute atomic E-state index is 0.0816. The Bertz CT molecular complexity index is 1290. The molecule has 2 aliphatic rings. The van der Waals surface area contributed by atoms with Gasteiger partial charge in [-0.25, -0.2) is 14.8 Å². The lowest BCUT2D eigenvalue weighted by Gasteiger charge is -2.35. The Balaban J connectivity index is 1.57. The Morgan fingerprint density at radius 3 is 2.28 bits per heavy atom. The van der Waals surface area contributed by atoms with Crippen LogP contribution in [0.1, 0.15) is 54.4 Å². The van der Waals surface area contributed by atoms with Crippen molar-refractivity contribution >= 4 is 46.2 Å². The maximum Gasteiger partial charge on any atom is 0.337 e. The fraction of sp³-hybridized carbons (Fsp3) is 0.333. The van der Waals surface area contributed by atoms with Crippen LogP contribution in [0.3, 0.4) is 0 Å². The number of aromatic nitrogens is 2. The molecule has 0 N–H and O–H groups in total. The van der Waals surface area contributed by atoms with Crippen molar-refractivity contribution in [1.29, 1.82) is 0 Å². The molecule has 8 heteroatoms. The third-order valence-electron chi connectivity index (χ3n) is 7.08. The lowest BCUT2D eigenvalue weighted by molar-refractivity contribution is -0.144. The summed E-state index contributed by atoms with van der Waals surface area (Å²) >= 11 is 12.4. The zero-order chi connectivity index (χ0) is 22.8. The molecule has 1 heterocycles. The highest BCUT2D eigenvalue weighted by Crippen LogP contribution is 2.67. The van der Waals surface area contributed by atoms with E-state index in [2.05, 4.69) is 13.8 Å². The average Bonchev–Trinajstić information content (AvgIpc) is 3.14. The molecule has 1 saturated carbocycles. The number of nitrogens with zero attached hydrogens (tertiary/aromatic N) is 2. The van der Waals surface area contributed by atoms with E-state index < -0.39 is 16.8 Å². The van der Waals surface area contributed by atoms with E-state index in [4.69, 9.17) is 42.6 Å². The lowest BCUT2D eigenvalue weighted by Crippen LogP contribution is -2.45. The SMILES string of the molecule is COC(=O)c1ccc(OC(=O)C23CCC(c4nc5cc(Cl)c(Cl)cc5nc42)C3(C)C)cc1. The maximum absolute atomic E-state index is 13.7. The summed E-state index contributed by atoms with van der Waals surface area (Å²) in [6, 6.07) is 9.69. The predicted molar refractivity (Wildman–Crippen MR) is 120 cm³/mol. The first-order valence-corrected chi connectivity index (χ1v) is 11.0. The van der Waals surface area contributed by atoms with Gasteiger partial charge in [-0.3, -0.25) is 4.79 Å². The van der Waals surface area contributed by atoms with Gasteiger partial charge in [0.2, 0.25) is 0 Å². The van der Waals surface area contributed by atoms with E-state index in [1.165, 1.54) is 7.11 Å². The van der Waals surface area contributed by atoms with Gasteiger partial charge in [0, 0.05) is 5.92 Å². The number of fused-ring (bicyclic) bond motifs is 6. The highest BCUT2D eigenvalue weighted by atomic mass is 35.5. The largest absolute Gasteiger partial charge is 0.465 e. The van der Waals surface area contributed by atoms with Gasteiger partial charge < -0.3 is 9.47 Å². The summed E-state index contributed by atoms with van der Waals surface area (Å²) in [5.41, 5.74) is 1.75. The van der Waals surface area contributed by atoms with Crippen LogP contribution in [-0.4, -0.2) is 29.0 Å². The molecule has 3 aromatic rings. The molecule has 32 heavy (non-hydrogen) atoms. The first-order valence-electron chi connectivity index (χ1n) is 10.3. The molecule has 0 radical (unpaired) electrons. The molecule has 164 valence electrons. The van der Waals surface area contributed by atoms with Crippen LogP contribution in [0.5, 0.6) is 5.75 Å². The van der Waals surface area contributed by atoms with Crippen molar-refractivity contribution in [2.24, 2.45) is 5.41 Å². The van der Waals surface area contributed by atoms with E-state index in [0.29, 0.717) is 44.5 Å². The molecule has 1 aromatic heterocycles. The third kappa shape index (κ3) is 2.79. The average molecular weight is 471 g/mol. The van der Waals surface area contributed by atoms with E-state index in [9.17, 15) is 9.59 Å². The summed E-state index contributed by atoms with van der Waals surface area (Å²) < 4.78 is 10.5. The molecule has 0 saturated heterocycles. The molecule has 2 unspecified atom stereocenters. The number of methoxy groups -OCH3 is 1. The zero-order valence-electron chi connectivity index (χ0n) is 17.7. The topological polar surface area (TPSA) is 78.4 Å². The number of hydrogen-bond donors (Lipinski definition) is 0. The molecule has 6 nitrogen and oxygen atoms in total. The quantitative estimate of drug-likeness (QED) is 0.372. The Morgan fingerprint density at radius 2 is 1.66 bits per heavy atom. The van der Waals surface area contributed by atoms with Crippen molar-refractivity contribution in [3.05, 3.63) is 63.4 Å². The van der Waals surface area contributed by atoms with Gasteiger partial charge in [-0.2, -0.15) is 0 Å². The van der Waals surface area contributed by atoms with E-state index in [0.717, 1.165) is 12.1 Å². The Labute approximate surface area is 194 Å². The van der Waals surface area contributed by atoms with Crippen LogP contribution in [0, 0.1) is 5.41 Å². The molecule has 0 amide bonds. The smallest absolute Gasteiger partial charge is 0.337 e. The van der Waals surface area contributed by atoms with Gasteiger partial charge in [0.05, 0.1) is 45.1 Å². The molecule has 2 atom stereocenters. The van der Waals surface area contributed by atoms with Crippen LogP contribution >= 0.6 is 23.2 Å². The van der Waals surface area contributed by atoms with E-state index in [-0.39, 0.29) is 11.9 Å². The van der Waals surface area contributed by atoms with Gasteiger partial charge in [-0.15, -0.1) is 0 Å². The molecule has 2 bridgehead atoms. The monoisotopic (exact) mass is 470 g/mol. The number of esters is 2. The number of hydrogen-bond acceptors (Lipinski definition) is 6. The number of benzene rings is 2. The number of carbonyl (C=O) groups is 2. The fourth-order valence-corrected chi connectivity index (χ4v) is 5.61. The fourth-order valence-electron chi connectivity index (χ4n) is 5.30. The number of carbonyl (C=O) groups excluding carboxylic acids is 2. The predicted octanol–water partition coefficient (Wildman–Crippen LogP) is 5.48. The second-order valence-corrected chi connectivity index (χ2v) is 9.65. The summed E-state index contributed by atoms with van der Waals surface area (Å²) in [6.45, 7) is 4.14. The standard InChI is InChI=1S/C24H20Cl2N2O4/c1-23(2)14-8-9-24(23,22(30)32-13-6-4-12(5-7-13)21(29)31-3)20-19(14)27-17-10-15(25)16(26)11-18(17)28-20/h4-7,10-11,14H,8-9H2,1-3H3. The minimum atomic E-state index is -0.929. The molecule has 2 aliphatic carbocycles. The Kier molecular flexibility index (Phi) is 4.73. The van der Waals surface area contributed by atoms with Crippen molar-refractivity contribution in [2.75, 3.05) is 7.11 Å². The van der Waals surface area contributed by atoms with Gasteiger partial charge >= 0.3 is 11.9 Å². The summed E-state index contributed by atoms with van der Waals surface area (Å²) in [6.07, 6.45) is 1.44.